The van der Waals surface area contributed by atoms with Gasteiger partial charge in [-0.2, -0.15) is 4.31 Å². The van der Waals surface area contributed by atoms with Gasteiger partial charge >= 0.3 is 0 Å². The Balaban J connectivity index is 2.13. The van der Waals surface area contributed by atoms with Gasteiger partial charge in [0, 0.05) is 19.1 Å². The second-order valence-corrected chi connectivity index (χ2v) is 7.78. The molecule has 1 aliphatic rings. The Morgan fingerprint density at radius 1 is 1.24 bits per heavy atom. The molecule has 1 atom stereocenters. The van der Waals surface area contributed by atoms with Gasteiger partial charge in [-0.05, 0) is 49.9 Å². The van der Waals surface area contributed by atoms with Crippen molar-refractivity contribution in [3.05, 3.63) is 29.8 Å². The van der Waals surface area contributed by atoms with Crippen molar-refractivity contribution in [3.8, 4) is 0 Å². The minimum atomic E-state index is -3.34. The minimum absolute atomic E-state index is 0.414. The van der Waals surface area contributed by atoms with E-state index >= 15 is 0 Å². The normalized spacial score (nSPS) is 19.6. The molecule has 1 saturated heterocycles. The fourth-order valence-corrected chi connectivity index (χ4v) is 4.21. The maximum absolute atomic E-state index is 12.6. The third-order valence-electron chi connectivity index (χ3n) is 4.56. The monoisotopic (exact) mass is 310 g/mol. The van der Waals surface area contributed by atoms with Crippen LogP contribution in [0.5, 0.6) is 0 Å². The molecule has 0 aliphatic carbocycles. The highest BCUT2D eigenvalue weighted by atomic mass is 32.2. The molecule has 1 unspecified atom stereocenters. The highest BCUT2D eigenvalue weighted by Crippen LogP contribution is 2.24. The predicted molar refractivity (Wildman–Crippen MR) is 86.0 cm³/mol. The van der Waals surface area contributed by atoms with E-state index < -0.39 is 10.0 Å². The summed E-state index contributed by atoms with van der Waals surface area (Å²) in [6, 6.07) is 7.83. The quantitative estimate of drug-likeness (QED) is 0.909. The van der Waals surface area contributed by atoms with Crippen LogP contribution in [-0.2, 0) is 10.0 Å². The zero-order chi connectivity index (χ0) is 15.5. The molecule has 0 saturated carbocycles. The van der Waals surface area contributed by atoms with Crippen LogP contribution in [0.15, 0.2) is 29.2 Å². The second kappa shape index (κ2) is 6.90. The zero-order valence-electron chi connectivity index (χ0n) is 13.2. The Bertz CT molecular complexity index is 546. The average molecular weight is 310 g/mol. The van der Waals surface area contributed by atoms with Gasteiger partial charge in [0.05, 0.1) is 4.90 Å². The van der Waals surface area contributed by atoms with E-state index in [9.17, 15) is 8.42 Å². The first-order chi connectivity index (χ1) is 9.98. The van der Waals surface area contributed by atoms with Crippen LogP contribution in [0.2, 0.25) is 0 Å². The molecule has 1 heterocycles. The number of nitrogens with one attached hydrogen (secondary N) is 1. The number of benzene rings is 1. The summed E-state index contributed by atoms with van der Waals surface area (Å²) in [5.41, 5.74) is 1.20. The molecule has 1 fully saturated rings. The smallest absolute Gasteiger partial charge is 0.243 e. The maximum atomic E-state index is 12.6. The van der Waals surface area contributed by atoms with E-state index in [0.29, 0.717) is 29.9 Å². The van der Waals surface area contributed by atoms with Crippen molar-refractivity contribution in [3.63, 3.8) is 0 Å². The molecule has 0 amide bonds. The molecular weight excluding hydrogens is 284 g/mol. The summed E-state index contributed by atoms with van der Waals surface area (Å²) in [7, 11) is -1.40. The molecule has 1 aromatic carbocycles. The third-order valence-corrected chi connectivity index (χ3v) is 6.47. The lowest BCUT2D eigenvalue weighted by Crippen LogP contribution is -2.43. The molecule has 118 valence electrons. The summed E-state index contributed by atoms with van der Waals surface area (Å²) in [4.78, 5) is 0.414. The summed E-state index contributed by atoms with van der Waals surface area (Å²) in [5.74, 6) is 0.466. The Morgan fingerprint density at radius 2 is 1.81 bits per heavy atom. The highest BCUT2D eigenvalue weighted by Gasteiger charge is 2.28. The van der Waals surface area contributed by atoms with Crippen molar-refractivity contribution in [2.75, 3.05) is 20.1 Å². The van der Waals surface area contributed by atoms with Crippen molar-refractivity contribution in [1.29, 1.82) is 0 Å². The number of sulfonamides is 1. The standard InChI is InChI=1S/C16H26N2O2S/c1-4-13(2)14-5-7-16(8-6-14)21(19,20)18-11-9-15(17-3)10-12-18/h5-8,13,15,17H,4,9-12H2,1-3H3. The Morgan fingerprint density at radius 3 is 2.29 bits per heavy atom. The number of hydrogen-bond donors (Lipinski definition) is 1. The molecule has 0 spiro atoms. The van der Waals surface area contributed by atoms with Crippen LogP contribution in [0, 0.1) is 0 Å². The van der Waals surface area contributed by atoms with Crippen molar-refractivity contribution in [1.82, 2.24) is 9.62 Å². The maximum Gasteiger partial charge on any atom is 0.243 e. The molecule has 0 aromatic heterocycles. The van der Waals surface area contributed by atoms with Gasteiger partial charge in [0.15, 0.2) is 0 Å². The predicted octanol–water partition coefficient (Wildman–Crippen LogP) is 2.57. The van der Waals surface area contributed by atoms with Gasteiger partial charge in [-0.1, -0.05) is 26.0 Å². The fourth-order valence-electron chi connectivity index (χ4n) is 2.74. The fraction of sp³-hybridized carbons (Fsp3) is 0.625. The van der Waals surface area contributed by atoms with Gasteiger partial charge in [0.1, 0.15) is 0 Å². The molecule has 2 rings (SSSR count). The number of nitrogens with zero attached hydrogens (tertiary/aromatic N) is 1. The minimum Gasteiger partial charge on any atom is -0.317 e. The van der Waals surface area contributed by atoms with Crippen LogP contribution in [0.3, 0.4) is 0 Å². The molecule has 1 aromatic rings. The van der Waals surface area contributed by atoms with Crippen molar-refractivity contribution in [2.45, 2.75) is 50.0 Å². The number of rotatable bonds is 5. The van der Waals surface area contributed by atoms with Crippen LogP contribution in [-0.4, -0.2) is 38.9 Å². The summed E-state index contributed by atoms with van der Waals surface area (Å²) < 4.78 is 26.9. The molecule has 21 heavy (non-hydrogen) atoms. The summed E-state index contributed by atoms with van der Waals surface area (Å²) >= 11 is 0. The molecule has 1 N–H and O–H groups in total. The Kier molecular flexibility index (Phi) is 5.41. The Hall–Kier alpha value is -0.910. The van der Waals surface area contributed by atoms with Crippen molar-refractivity contribution >= 4 is 10.0 Å². The largest absolute Gasteiger partial charge is 0.317 e. The molecule has 1 aliphatic heterocycles. The van der Waals surface area contributed by atoms with Crippen LogP contribution in [0.25, 0.3) is 0 Å². The van der Waals surface area contributed by atoms with Crippen molar-refractivity contribution in [2.24, 2.45) is 0 Å². The number of hydrogen-bond acceptors (Lipinski definition) is 3. The SMILES string of the molecule is CCC(C)c1ccc(S(=O)(=O)N2CCC(NC)CC2)cc1. The lowest BCUT2D eigenvalue weighted by atomic mass is 9.99. The van der Waals surface area contributed by atoms with E-state index in [4.69, 9.17) is 0 Å². The van der Waals surface area contributed by atoms with E-state index in [1.54, 1.807) is 16.4 Å². The summed E-state index contributed by atoms with van der Waals surface area (Å²) in [6.45, 7) is 5.50. The topological polar surface area (TPSA) is 49.4 Å². The van der Waals surface area contributed by atoms with Gasteiger partial charge in [0.25, 0.3) is 0 Å². The molecule has 0 bridgehead atoms. The van der Waals surface area contributed by atoms with Gasteiger partial charge in [-0.25, -0.2) is 8.42 Å². The lowest BCUT2D eigenvalue weighted by Gasteiger charge is -2.31. The van der Waals surface area contributed by atoms with Crippen LogP contribution < -0.4 is 5.32 Å². The second-order valence-electron chi connectivity index (χ2n) is 5.85. The van der Waals surface area contributed by atoms with E-state index in [1.807, 2.05) is 19.2 Å². The lowest BCUT2D eigenvalue weighted by molar-refractivity contribution is 0.298. The van der Waals surface area contributed by atoms with Crippen LogP contribution >= 0.6 is 0 Å². The van der Waals surface area contributed by atoms with Crippen LogP contribution in [0.4, 0.5) is 0 Å². The molecule has 0 radical (unpaired) electrons. The van der Waals surface area contributed by atoms with E-state index in [-0.39, 0.29) is 0 Å². The summed E-state index contributed by atoms with van der Waals surface area (Å²) in [6.07, 6.45) is 2.81. The van der Waals surface area contributed by atoms with Gasteiger partial charge in [-0.3, -0.25) is 0 Å². The van der Waals surface area contributed by atoms with Gasteiger partial charge in [0.2, 0.25) is 10.0 Å². The van der Waals surface area contributed by atoms with Gasteiger partial charge < -0.3 is 5.32 Å². The first-order valence-corrected chi connectivity index (χ1v) is 9.20. The molecule has 4 nitrogen and oxygen atoms in total. The number of piperidine rings is 1. The highest BCUT2D eigenvalue weighted by molar-refractivity contribution is 7.89. The van der Waals surface area contributed by atoms with Crippen LogP contribution in [0.1, 0.15) is 44.6 Å². The van der Waals surface area contributed by atoms with E-state index in [2.05, 4.69) is 19.2 Å². The van der Waals surface area contributed by atoms with Gasteiger partial charge in [-0.15, -0.1) is 0 Å². The van der Waals surface area contributed by atoms with E-state index in [0.717, 1.165) is 19.3 Å². The average Bonchev–Trinajstić information content (AvgIpc) is 2.54. The zero-order valence-corrected chi connectivity index (χ0v) is 14.0. The molecular formula is C16H26N2O2S. The van der Waals surface area contributed by atoms with Crippen molar-refractivity contribution < 1.29 is 8.42 Å². The third kappa shape index (κ3) is 3.65. The molecule has 5 heteroatoms. The van der Waals surface area contributed by atoms with E-state index in [1.165, 1.54) is 5.56 Å². The first-order valence-electron chi connectivity index (χ1n) is 7.76. The summed E-state index contributed by atoms with van der Waals surface area (Å²) in [5, 5.41) is 3.22. The first kappa shape index (κ1) is 16.5. The Labute approximate surface area is 128 Å².